The lowest BCUT2D eigenvalue weighted by Crippen LogP contribution is -2.13. The smallest absolute Gasteiger partial charge is 0.305 e. The minimum absolute atomic E-state index is 0. The van der Waals surface area contributed by atoms with Crippen LogP contribution in [-0.2, 0) is 18.9 Å². The van der Waals surface area contributed by atoms with Crippen LogP contribution in [0.15, 0.2) is 72.8 Å². The molecular weight excluding hydrogens is 460 g/mol. The second kappa shape index (κ2) is 9.20. The highest BCUT2D eigenvalue weighted by molar-refractivity contribution is 6.08. The lowest BCUT2D eigenvalue weighted by Gasteiger charge is -2.12. The summed E-state index contributed by atoms with van der Waals surface area (Å²) in [5, 5.41) is 6.74. The van der Waals surface area contributed by atoms with Crippen molar-refractivity contribution in [3.63, 3.8) is 0 Å². The summed E-state index contributed by atoms with van der Waals surface area (Å²) in [4.78, 5) is 12.5. The van der Waals surface area contributed by atoms with Crippen molar-refractivity contribution >= 4 is 22.6 Å². The zero-order chi connectivity index (χ0) is 23.8. The van der Waals surface area contributed by atoms with Crippen LogP contribution >= 0.6 is 0 Å². The SMILES string of the molecule is C.O=C(Nc1nn(Cc2ccc(C(F)(F)F)cc2)c2c(C(F)(F)F)cccc12)c1ccccc1. The molecule has 0 saturated carbocycles. The zero-order valence-corrected chi connectivity index (χ0v) is 16.7. The van der Waals surface area contributed by atoms with Crippen molar-refractivity contribution in [1.29, 1.82) is 0 Å². The van der Waals surface area contributed by atoms with Gasteiger partial charge in [0, 0.05) is 10.9 Å². The van der Waals surface area contributed by atoms with Crippen LogP contribution in [0.5, 0.6) is 0 Å². The number of nitrogens with zero attached hydrogens (tertiary/aromatic N) is 2. The van der Waals surface area contributed by atoms with E-state index < -0.39 is 29.4 Å². The first-order chi connectivity index (χ1) is 15.5. The first kappa shape index (κ1) is 24.8. The Labute approximate surface area is 190 Å². The lowest BCUT2D eigenvalue weighted by molar-refractivity contribution is -0.138. The Bertz CT molecular complexity index is 1290. The van der Waals surface area contributed by atoms with Gasteiger partial charge in [0.25, 0.3) is 5.91 Å². The molecule has 0 bridgehead atoms. The number of carbonyl (C=O) groups is 1. The summed E-state index contributed by atoms with van der Waals surface area (Å²) in [7, 11) is 0. The molecule has 3 aromatic carbocycles. The molecule has 0 saturated heterocycles. The van der Waals surface area contributed by atoms with Crippen molar-refractivity contribution in [2.45, 2.75) is 26.3 Å². The minimum Gasteiger partial charge on any atom is -0.305 e. The average Bonchev–Trinajstić information content (AvgIpc) is 3.10. The maximum Gasteiger partial charge on any atom is 0.418 e. The predicted octanol–water partition coefficient (Wildman–Crippen LogP) is 7.01. The number of para-hydroxylation sites is 1. The number of amides is 1. The molecule has 0 fully saturated rings. The summed E-state index contributed by atoms with van der Waals surface area (Å²) in [6.45, 7) is -0.233. The maximum atomic E-state index is 13.7. The fourth-order valence-electron chi connectivity index (χ4n) is 3.41. The topological polar surface area (TPSA) is 46.9 Å². The summed E-state index contributed by atoms with van der Waals surface area (Å²) in [5.41, 5.74) is -1.53. The van der Waals surface area contributed by atoms with E-state index >= 15 is 0 Å². The third-order valence-corrected chi connectivity index (χ3v) is 4.96. The van der Waals surface area contributed by atoms with Crippen molar-refractivity contribution in [2.75, 3.05) is 5.32 Å². The lowest BCUT2D eigenvalue weighted by atomic mass is 10.1. The summed E-state index contributed by atoms with van der Waals surface area (Å²) in [6, 6.07) is 15.6. The van der Waals surface area contributed by atoms with Gasteiger partial charge in [-0.2, -0.15) is 31.4 Å². The van der Waals surface area contributed by atoms with Gasteiger partial charge in [0.2, 0.25) is 0 Å². The highest BCUT2D eigenvalue weighted by Crippen LogP contribution is 2.37. The normalized spacial score (nSPS) is 11.8. The molecule has 0 aliphatic heterocycles. The van der Waals surface area contributed by atoms with Gasteiger partial charge >= 0.3 is 12.4 Å². The molecule has 0 aliphatic carbocycles. The van der Waals surface area contributed by atoms with Crippen molar-refractivity contribution in [2.24, 2.45) is 0 Å². The highest BCUT2D eigenvalue weighted by Gasteiger charge is 2.35. The van der Waals surface area contributed by atoms with E-state index in [1.54, 1.807) is 18.2 Å². The van der Waals surface area contributed by atoms with Crippen molar-refractivity contribution in [3.05, 3.63) is 95.1 Å². The molecule has 1 aromatic heterocycles. The Kier molecular flexibility index (Phi) is 6.72. The zero-order valence-electron chi connectivity index (χ0n) is 16.7. The maximum absolute atomic E-state index is 13.7. The molecule has 4 aromatic rings. The molecule has 0 atom stereocenters. The molecule has 34 heavy (non-hydrogen) atoms. The molecule has 1 amide bonds. The van der Waals surface area contributed by atoms with Gasteiger partial charge in [-0.1, -0.05) is 43.8 Å². The number of rotatable bonds is 4. The van der Waals surface area contributed by atoms with Crippen LogP contribution in [0.4, 0.5) is 32.2 Å². The second-order valence-electron chi connectivity index (χ2n) is 7.22. The van der Waals surface area contributed by atoms with Gasteiger partial charge < -0.3 is 5.32 Å². The Morgan fingerprint density at radius 2 is 1.47 bits per heavy atom. The van der Waals surface area contributed by atoms with E-state index in [1.165, 1.54) is 36.4 Å². The van der Waals surface area contributed by atoms with Gasteiger partial charge in [0.05, 0.1) is 23.2 Å². The number of hydrogen-bond donors (Lipinski definition) is 1. The fraction of sp³-hybridized carbons (Fsp3) is 0.167. The number of alkyl halides is 6. The van der Waals surface area contributed by atoms with E-state index in [9.17, 15) is 31.1 Å². The molecule has 4 nitrogen and oxygen atoms in total. The number of benzene rings is 3. The molecule has 4 rings (SSSR count). The number of hydrogen-bond acceptors (Lipinski definition) is 2. The quantitative estimate of drug-likeness (QED) is 0.320. The van der Waals surface area contributed by atoms with Gasteiger partial charge in [-0.15, -0.1) is 0 Å². The summed E-state index contributed by atoms with van der Waals surface area (Å²) in [5.74, 6) is -0.647. The number of anilines is 1. The first-order valence-electron chi connectivity index (χ1n) is 9.63. The number of halogens is 6. The molecular formula is C24H19F6N3O. The molecule has 0 unspecified atom stereocenters. The predicted molar refractivity (Wildman–Crippen MR) is 116 cm³/mol. The van der Waals surface area contributed by atoms with Crippen LogP contribution in [0, 0.1) is 0 Å². The van der Waals surface area contributed by atoms with E-state index in [0.717, 1.165) is 22.9 Å². The van der Waals surface area contributed by atoms with Crippen LogP contribution in [-0.4, -0.2) is 15.7 Å². The number of fused-ring (bicyclic) bond motifs is 1. The molecule has 178 valence electrons. The Morgan fingerprint density at radius 3 is 2.06 bits per heavy atom. The molecule has 0 aliphatic rings. The molecule has 1 heterocycles. The molecule has 10 heteroatoms. The largest absolute Gasteiger partial charge is 0.418 e. The third-order valence-electron chi connectivity index (χ3n) is 4.96. The molecule has 0 spiro atoms. The monoisotopic (exact) mass is 479 g/mol. The van der Waals surface area contributed by atoms with E-state index in [-0.39, 0.29) is 36.3 Å². The average molecular weight is 479 g/mol. The second-order valence-corrected chi connectivity index (χ2v) is 7.22. The van der Waals surface area contributed by atoms with Crippen LogP contribution in [0.25, 0.3) is 10.9 Å². The number of nitrogens with one attached hydrogen (secondary N) is 1. The van der Waals surface area contributed by atoms with Crippen LogP contribution in [0.2, 0.25) is 0 Å². The Morgan fingerprint density at radius 1 is 0.824 bits per heavy atom. The van der Waals surface area contributed by atoms with Gasteiger partial charge in [-0.3, -0.25) is 9.48 Å². The Balaban J connectivity index is 0.00000324. The first-order valence-corrected chi connectivity index (χ1v) is 9.63. The molecule has 1 N–H and O–H groups in total. The number of carbonyl (C=O) groups excluding carboxylic acids is 1. The highest BCUT2D eigenvalue weighted by atomic mass is 19.4. The minimum atomic E-state index is -4.71. The summed E-state index contributed by atoms with van der Waals surface area (Å²) in [6.07, 6.45) is -9.24. The van der Waals surface area contributed by atoms with E-state index in [4.69, 9.17) is 0 Å². The van der Waals surface area contributed by atoms with Gasteiger partial charge in [-0.25, -0.2) is 0 Å². The summed E-state index contributed by atoms with van der Waals surface area (Å²) < 4.78 is 80.6. The Hall–Kier alpha value is -3.82. The molecule has 0 radical (unpaired) electrons. The van der Waals surface area contributed by atoms with E-state index in [1.807, 2.05) is 0 Å². The van der Waals surface area contributed by atoms with Crippen LogP contribution in [0.3, 0.4) is 0 Å². The van der Waals surface area contributed by atoms with E-state index in [0.29, 0.717) is 5.56 Å². The standard InChI is InChI=1S/C23H15F6N3O.CH4/c24-22(25,26)16-11-9-14(10-12-16)13-32-19-17(7-4-8-18(19)23(27,28)29)20(31-32)30-21(33)15-5-2-1-3-6-15;/h1-12H,13H2,(H,30,31,33);1H4. The van der Waals surface area contributed by atoms with Gasteiger partial charge in [0.1, 0.15) is 0 Å². The van der Waals surface area contributed by atoms with Gasteiger partial charge in [0.15, 0.2) is 5.82 Å². The van der Waals surface area contributed by atoms with Crippen molar-refractivity contribution in [3.8, 4) is 0 Å². The van der Waals surface area contributed by atoms with Crippen molar-refractivity contribution in [1.82, 2.24) is 9.78 Å². The number of aromatic nitrogens is 2. The summed E-state index contributed by atoms with van der Waals surface area (Å²) >= 11 is 0. The third kappa shape index (κ3) is 5.05. The van der Waals surface area contributed by atoms with Crippen LogP contribution in [0.1, 0.15) is 34.5 Å². The van der Waals surface area contributed by atoms with Crippen LogP contribution < -0.4 is 5.32 Å². The van der Waals surface area contributed by atoms with Gasteiger partial charge in [-0.05, 0) is 42.0 Å². The van der Waals surface area contributed by atoms with Crippen molar-refractivity contribution < 1.29 is 31.1 Å². The van der Waals surface area contributed by atoms with E-state index in [2.05, 4.69) is 10.4 Å². The fourth-order valence-corrected chi connectivity index (χ4v) is 3.41.